The first-order chi connectivity index (χ1) is 7.54. The molecule has 4 heteroatoms. The third-order valence-corrected chi connectivity index (χ3v) is 2.98. The van der Waals surface area contributed by atoms with Gasteiger partial charge in [0.05, 0.1) is 5.56 Å². The molecule has 0 aromatic heterocycles. The van der Waals surface area contributed by atoms with Crippen LogP contribution in [0.2, 0.25) is 0 Å². The normalized spacial score (nSPS) is 12.2. The van der Waals surface area contributed by atoms with E-state index in [9.17, 15) is 9.18 Å². The van der Waals surface area contributed by atoms with Gasteiger partial charge in [-0.3, -0.25) is 4.79 Å². The first-order valence-corrected chi connectivity index (χ1v) is 6.07. The molecule has 0 aliphatic carbocycles. The average molecular weight is 288 g/mol. The zero-order valence-corrected chi connectivity index (χ0v) is 11.0. The van der Waals surface area contributed by atoms with Gasteiger partial charge in [0.1, 0.15) is 5.82 Å². The Hall–Kier alpha value is -0.900. The van der Waals surface area contributed by atoms with Gasteiger partial charge in [-0.2, -0.15) is 0 Å². The number of carbonyl (C=O) groups is 1. The molecule has 0 saturated carbocycles. The lowest BCUT2D eigenvalue weighted by atomic mass is 10.1. The summed E-state index contributed by atoms with van der Waals surface area (Å²) in [7, 11) is 0. The molecule has 0 saturated heterocycles. The van der Waals surface area contributed by atoms with Gasteiger partial charge in [0.2, 0.25) is 0 Å². The Morgan fingerprint density at radius 2 is 2.25 bits per heavy atom. The van der Waals surface area contributed by atoms with Gasteiger partial charge < -0.3 is 5.32 Å². The summed E-state index contributed by atoms with van der Waals surface area (Å²) in [6.07, 6.45) is 0.989. The summed E-state index contributed by atoms with van der Waals surface area (Å²) in [5.74, 6) is -0.455. The van der Waals surface area contributed by atoms with E-state index in [1.165, 1.54) is 12.1 Å². The van der Waals surface area contributed by atoms with E-state index in [0.717, 1.165) is 6.42 Å². The fourth-order valence-corrected chi connectivity index (χ4v) is 1.51. The highest BCUT2D eigenvalue weighted by Gasteiger charge is 2.12. The maximum absolute atomic E-state index is 13.4. The van der Waals surface area contributed by atoms with Gasteiger partial charge in [0.25, 0.3) is 5.91 Å². The van der Waals surface area contributed by atoms with Crippen molar-refractivity contribution in [1.82, 2.24) is 5.32 Å². The molecule has 1 amide bonds. The minimum Gasteiger partial charge on any atom is -0.352 e. The molecule has 1 aromatic rings. The highest BCUT2D eigenvalue weighted by Crippen LogP contribution is 2.15. The molecule has 16 heavy (non-hydrogen) atoms. The number of hydrogen-bond acceptors (Lipinski definition) is 1. The number of amides is 1. The van der Waals surface area contributed by atoms with Crippen molar-refractivity contribution in [3.05, 3.63) is 34.1 Å². The van der Waals surface area contributed by atoms with Gasteiger partial charge in [-0.15, -0.1) is 0 Å². The van der Waals surface area contributed by atoms with Crippen LogP contribution in [0.5, 0.6) is 0 Å². The molecule has 0 spiro atoms. The zero-order chi connectivity index (χ0) is 12.1. The van der Waals surface area contributed by atoms with Gasteiger partial charge >= 0.3 is 0 Å². The minimum absolute atomic E-state index is 0.0894. The van der Waals surface area contributed by atoms with E-state index in [2.05, 4.69) is 28.2 Å². The monoisotopic (exact) mass is 287 g/mol. The topological polar surface area (TPSA) is 29.1 Å². The lowest BCUT2D eigenvalue weighted by Crippen LogP contribution is -2.28. The van der Waals surface area contributed by atoms with Crippen molar-refractivity contribution in [3.8, 4) is 0 Å². The maximum Gasteiger partial charge on any atom is 0.254 e. The van der Waals surface area contributed by atoms with E-state index in [-0.39, 0.29) is 11.5 Å². The Morgan fingerprint density at radius 3 is 2.81 bits per heavy atom. The molecule has 1 unspecified atom stereocenters. The summed E-state index contributed by atoms with van der Waals surface area (Å²) < 4.78 is 14.0. The average Bonchev–Trinajstić information content (AvgIpc) is 2.25. The van der Waals surface area contributed by atoms with Gasteiger partial charge in [0, 0.05) is 11.0 Å². The van der Waals surface area contributed by atoms with E-state index >= 15 is 0 Å². The van der Waals surface area contributed by atoms with Crippen molar-refractivity contribution in [1.29, 1.82) is 0 Å². The number of hydrogen-bond donors (Lipinski definition) is 1. The largest absolute Gasteiger partial charge is 0.352 e. The highest BCUT2D eigenvalue weighted by molar-refractivity contribution is 9.10. The SMILES string of the molecule is CCC(C)CNC(=O)c1ccc(Br)cc1F. The quantitative estimate of drug-likeness (QED) is 0.904. The Kier molecular flexibility index (Phi) is 4.93. The Balaban J connectivity index is 2.66. The molecule has 0 radical (unpaired) electrons. The molecule has 88 valence electrons. The van der Waals surface area contributed by atoms with Crippen LogP contribution >= 0.6 is 15.9 Å². The molecule has 1 aromatic carbocycles. The molecule has 2 nitrogen and oxygen atoms in total. The van der Waals surface area contributed by atoms with E-state index in [0.29, 0.717) is 16.9 Å². The third kappa shape index (κ3) is 3.59. The molecule has 1 rings (SSSR count). The smallest absolute Gasteiger partial charge is 0.254 e. The van der Waals surface area contributed by atoms with E-state index < -0.39 is 5.82 Å². The van der Waals surface area contributed by atoms with Gasteiger partial charge in [-0.1, -0.05) is 36.2 Å². The maximum atomic E-state index is 13.4. The summed E-state index contributed by atoms with van der Waals surface area (Å²) in [5.41, 5.74) is 0.0894. The molecule has 0 bridgehead atoms. The van der Waals surface area contributed by atoms with Crippen LogP contribution in [-0.2, 0) is 0 Å². The van der Waals surface area contributed by atoms with Crippen LogP contribution in [0.1, 0.15) is 30.6 Å². The van der Waals surface area contributed by atoms with Crippen LogP contribution in [-0.4, -0.2) is 12.5 Å². The molecule has 0 aliphatic heterocycles. The second-order valence-corrected chi connectivity index (χ2v) is 4.76. The molecule has 1 N–H and O–H groups in total. The van der Waals surface area contributed by atoms with Crippen LogP contribution in [0, 0.1) is 11.7 Å². The number of halogens is 2. The Morgan fingerprint density at radius 1 is 1.56 bits per heavy atom. The van der Waals surface area contributed by atoms with Crippen LogP contribution < -0.4 is 5.32 Å². The standard InChI is InChI=1S/C12H15BrFNO/c1-3-8(2)7-15-12(16)10-5-4-9(13)6-11(10)14/h4-6,8H,3,7H2,1-2H3,(H,15,16). The van der Waals surface area contributed by atoms with E-state index in [1.807, 2.05) is 6.92 Å². The lowest BCUT2D eigenvalue weighted by molar-refractivity contribution is 0.0944. The number of rotatable bonds is 4. The van der Waals surface area contributed by atoms with Crippen LogP contribution in [0.3, 0.4) is 0 Å². The first-order valence-electron chi connectivity index (χ1n) is 5.27. The van der Waals surface area contributed by atoms with Crippen molar-refractivity contribution < 1.29 is 9.18 Å². The Labute approximate surface area is 103 Å². The third-order valence-electron chi connectivity index (χ3n) is 2.48. The molecule has 0 heterocycles. The number of carbonyl (C=O) groups excluding carboxylic acids is 1. The van der Waals surface area contributed by atoms with Crippen molar-refractivity contribution >= 4 is 21.8 Å². The summed E-state index contributed by atoms with van der Waals surface area (Å²) in [6, 6.07) is 4.42. The lowest BCUT2D eigenvalue weighted by Gasteiger charge is -2.10. The highest BCUT2D eigenvalue weighted by atomic mass is 79.9. The molecule has 1 atom stereocenters. The summed E-state index contributed by atoms with van der Waals surface area (Å²) in [4.78, 5) is 11.6. The van der Waals surface area contributed by atoms with Crippen molar-refractivity contribution in [3.63, 3.8) is 0 Å². The van der Waals surface area contributed by atoms with Crippen LogP contribution in [0.25, 0.3) is 0 Å². The second-order valence-electron chi connectivity index (χ2n) is 3.85. The van der Waals surface area contributed by atoms with Gasteiger partial charge in [-0.05, 0) is 24.1 Å². The fraction of sp³-hybridized carbons (Fsp3) is 0.417. The first kappa shape index (κ1) is 13.2. The van der Waals surface area contributed by atoms with Gasteiger partial charge in [-0.25, -0.2) is 4.39 Å². The predicted octanol–water partition coefficient (Wildman–Crippen LogP) is 3.36. The molecule has 0 fully saturated rings. The van der Waals surface area contributed by atoms with Crippen molar-refractivity contribution in [2.45, 2.75) is 20.3 Å². The van der Waals surface area contributed by atoms with Gasteiger partial charge in [0.15, 0.2) is 0 Å². The van der Waals surface area contributed by atoms with E-state index in [4.69, 9.17) is 0 Å². The summed E-state index contributed by atoms with van der Waals surface area (Å²) in [6.45, 7) is 4.67. The molecular formula is C12H15BrFNO. The fourth-order valence-electron chi connectivity index (χ4n) is 1.18. The summed E-state index contributed by atoms with van der Waals surface area (Å²) in [5, 5.41) is 2.72. The van der Waals surface area contributed by atoms with Crippen LogP contribution in [0.4, 0.5) is 4.39 Å². The minimum atomic E-state index is -0.504. The number of nitrogens with one attached hydrogen (secondary N) is 1. The predicted molar refractivity (Wildman–Crippen MR) is 65.9 cm³/mol. The number of benzene rings is 1. The zero-order valence-electron chi connectivity index (χ0n) is 9.39. The molecule has 0 aliphatic rings. The van der Waals surface area contributed by atoms with Crippen molar-refractivity contribution in [2.75, 3.05) is 6.54 Å². The summed E-state index contributed by atoms with van der Waals surface area (Å²) >= 11 is 3.15. The van der Waals surface area contributed by atoms with Crippen LogP contribution in [0.15, 0.2) is 22.7 Å². The van der Waals surface area contributed by atoms with Crippen molar-refractivity contribution in [2.24, 2.45) is 5.92 Å². The second kappa shape index (κ2) is 5.99. The Bertz CT molecular complexity index is 381. The molecular weight excluding hydrogens is 273 g/mol. The van der Waals surface area contributed by atoms with E-state index in [1.54, 1.807) is 6.07 Å².